The van der Waals surface area contributed by atoms with Crippen LogP contribution in [0, 0.1) is 10.1 Å². The van der Waals surface area contributed by atoms with Gasteiger partial charge in [-0.25, -0.2) is 0 Å². The molecular weight excluding hydrogens is 279 g/mol. The number of carbonyl (C=O) groups is 1. The Bertz CT molecular complexity index is 570. The van der Waals surface area contributed by atoms with Crippen LogP contribution in [0.15, 0.2) is 23.1 Å². The first kappa shape index (κ1) is 16.6. The second-order valence-corrected chi connectivity index (χ2v) is 4.17. The summed E-state index contributed by atoms with van der Waals surface area (Å²) < 4.78 is 30.5. The Hall–Kier alpha value is -0.364. The van der Waals surface area contributed by atoms with Gasteiger partial charge in [0.2, 0.25) is 5.91 Å². The van der Waals surface area contributed by atoms with Crippen LogP contribution in [-0.4, -0.2) is 75.2 Å². The standard InChI is InChI=1S/C7H6N2O6S.K.H/c8-7(10)5-2-1-4(9(11)12)3-6(5)16(13,14)15;;/h1-3H,(H2,8,10)(H,13,14,15);;. The fourth-order valence-electron chi connectivity index (χ4n) is 1.04. The molecule has 1 aromatic carbocycles. The average molecular weight is 286 g/mol. The summed E-state index contributed by atoms with van der Waals surface area (Å²) in [6, 6.07) is 2.34. The van der Waals surface area contributed by atoms with Crippen LogP contribution in [0.25, 0.3) is 0 Å². The number of amides is 1. The number of carbonyl (C=O) groups excluding carboxylic acids is 1. The molecule has 0 aliphatic rings. The van der Waals surface area contributed by atoms with E-state index >= 15 is 0 Å². The molecule has 3 N–H and O–H groups in total. The SMILES string of the molecule is NC(=O)c1ccc([N+](=O)[O-])cc1S(=O)(=O)O.[KH]. The first-order valence-corrected chi connectivity index (χ1v) is 5.23. The molecule has 0 aromatic heterocycles. The van der Waals surface area contributed by atoms with Gasteiger partial charge in [0, 0.05) is 12.1 Å². The maximum absolute atomic E-state index is 10.9. The fourth-order valence-corrected chi connectivity index (χ4v) is 1.76. The summed E-state index contributed by atoms with van der Waals surface area (Å²) >= 11 is 0. The first-order chi connectivity index (χ1) is 7.23. The Morgan fingerprint density at radius 2 is 1.94 bits per heavy atom. The van der Waals surface area contributed by atoms with Crippen molar-refractivity contribution in [3.05, 3.63) is 33.9 Å². The summed E-state index contributed by atoms with van der Waals surface area (Å²) in [6.07, 6.45) is 0. The zero-order chi connectivity index (χ0) is 12.5. The van der Waals surface area contributed by atoms with Gasteiger partial charge < -0.3 is 5.73 Å². The predicted molar refractivity (Wildman–Crippen MR) is 58.6 cm³/mol. The topological polar surface area (TPSA) is 141 Å². The fraction of sp³-hybridized carbons (Fsp3) is 0. The third-order valence-electron chi connectivity index (χ3n) is 1.72. The number of primary amides is 1. The van der Waals surface area contributed by atoms with Crippen molar-refractivity contribution in [2.24, 2.45) is 5.73 Å². The van der Waals surface area contributed by atoms with Crippen molar-refractivity contribution in [2.75, 3.05) is 0 Å². The Morgan fingerprint density at radius 3 is 2.29 bits per heavy atom. The van der Waals surface area contributed by atoms with E-state index in [9.17, 15) is 23.3 Å². The van der Waals surface area contributed by atoms with E-state index in [1.165, 1.54) is 0 Å². The number of hydrogen-bond donors (Lipinski definition) is 2. The molecule has 0 spiro atoms. The molecule has 0 heterocycles. The minimum absolute atomic E-state index is 0. The molecule has 10 heteroatoms. The monoisotopic (exact) mass is 286 g/mol. The van der Waals surface area contributed by atoms with E-state index in [0.717, 1.165) is 12.1 Å². The first-order valence-electron chi connectivity index (χ1n) is 3.79. The van der Waals surface area contributed by atoms with E-state index < -0.39 is 37.1 Å². The van der Waals surface area contributed by atoms with Crippen molar-refractivity contribution < 1.29 is 22.7 Å². The van der Waals surface area contributed by atoms with Gasteiger partial charge >= 0.3 is 51.4 Å². The Morgan fingerprint density at radius 1 is 1.41 bits per heavy atom. The van der Waals surface area contributed by atoms with E-state index in [4.69, 9.17) is 10.3 Å². The second-order valence-electron chi connectivity index (χ2n) is 2.78. The third-order valence-corrected chi connectivity index (χ3v) is 2.61. The zero-order valence-electron chi connectivity index (χ0n) is 7.65. The second kappa shape index (κ2) is 6.00. The molecule has 88 valence electrons. The van der Waals surface area contributed by atoms with Gasteiger partial charge in [0.05, 0.1) is 10.5 Å². The van der Waals surface area contributed by atoms with E-state index in [2.05, 4.69) is 0 Å². The van der Waals surface area contributed by atoms with Crippen LogP contribution in [0.5, 0.6) is 0 Å². The molecular formula is C7H7KN2O6S. The average Bonchev–Trinajstić information content (AvgIpc) is 2.15. The number of nitrogens with zero attached hydrogens (tertiary/aromatic N) is 1. The zero-order valence-corrected chi connectivity index (χ0v) is 8.47. The number of rotatable bonds is 3. The molecule has 0 atom stereocenters. The molecule has 0 radical (unpaired) electrons. The molecule has 1 rings (SSSR count). The van der Waals surface area contributed by atoms with Crippen molar-refractivity contribution in [1.29, 1.82) is 0 Å². The summed E-state index contributed by atoms with van der Waals surface area (Å²) in [5.41, 5.74) is 3.78. The van der Waals surface area contributed by atoms with Gasteiger partial charge in [-0.2, -0.15) is 8.42 Å². The summed E-state index contributed by atoms with van der Waals surface area (Å²) in [7, 11) is -4.74. The minimum atomic E-state index is -4.74. The van der Waals surface area contributed by atoms with Crippen LogP contribution in [-0.2, 0) is 10.1 Å². The van der Waals surface area contributed by atoms with Gasteiger partial charge in [-0.3, -0.25) is 19.5 Å². The molecule has 1 amide bonds. The van der Waals surface area contributed by atoms with Crippen molar-refractivity contribution >= 4 is 73.1 Å². The molecule has 0 aliphatic carbocycles. The van der Waals surface area contributed by atoms with Gasteiger partial charge in [-0.15, -0.1) is 0 Å². The van der Waals surface area contributed by atoms with E-state index in [-0.39, 0.29) is 51.4 Å². The number of nitro benzene ring substituents is 1. The number of nitro groups is 1. The van der Waals surface area contributed by atoms with Gasteiger partial charge in [-0.05, 0) is 6.07 Å². The van der Waals surface area contributed by atoms with E-state index in [0.29, 0.717) is 6.07 Å². The predicted octanol–water partition coefficient (Wildman–Crippen LogP) is -0.708. The molecule has 17 heavy (non-hydrogen) atoms. The summed E-state index contributed by atoms with van der Waals surface area (Å²) in [5.74, 6) is -1.11. The van der Waals surface area contributed by atoms with Crippen molar-refractivity contribution in [3.63, 3.8) is 0 Å². The van der Waals surface area contributed by atoms with Crippen LogP contribution >= 0.6 is 0 Å². The molecule has 0 saturated carbocycles. The van der Waals surface area contributed by atoms with Gasteiger partial charge in [-0.1, -0.05) is 0 Å². The number of non-ortho nitro benzene ring substituents is 1. The van der Waals surface area contributed by atoms with Crippen LogP contribution < -0.4 is 5.73 Å². The van der Waals surface area contributed by atoms with Crippen molar-refractivity contribution in [2.45, 2.75) is 4.90 Å². The third kappa shape index (κ3) is 4.10. The Balaban J connectivity index is 0.00000256. The summed E-state index contributed by atoms with van der Waals surface area (Å²) in [5, 5.41) is 10.4. The van der Waals surface area contributed by atoms with Crippen molar-refractivity contribution in [3.8, 4) is 0 Å². The summed E-state index contributed by atoms with van der Waals surface area (Å²) in [4.78, 5) is 19.5. The number of nitrogens with two attached hydrogens (primary N) is 1. The molecule has 1 aromatic rings. The van der Waals surface area contributed by atoms with Gasteiger partial charge in [0.15, 0.2) is 0 Å². The quantitative estimate of drug-likeness (QED) is 0.325. The molecule has 0 unspecified atom stereocenters. The van der Waals surface area contributed by atoms with E-state index in [1.54, 1.807) is 0 Å². The maximum atomic E-state index is 10.9. The molecule has 0 fully saturated rings. The van der Waals surface area contributed by atoms with Gasteiger partial charge in [0.1, 0.15) is 4.90 Å². The number of hydrogen-bond acceptors (Lipinski definition) is 5. The molecule has 0 aliphatic heterocycles. The molecule has 0 bridgehead atoms. The van der Waals surface area contributed by atoms with Crippen LogP contribution in [0.2, 0.25) is 0 Å². The van der Waals surface area contributed by atoms with Crippen LogP contribution in [0.3, 0.4) is 0 Å². The van der Waals surface area contributed by atoms with E-state index in [1.807, 2.05) is 0 Å². The Labute approximate surface area is 139 Å². The van der Waals surface area contributed by atoms with Crippen LogP contribution in [0.4, 0.5) is 5.69 Å². The van der Waals surface area contributed by atoms with Gasteiger partial charge in [0.25, 0.3) is 15.8 Å². The normalized spacial score (nSPS) is 10.4. The molecule has 8 nitrogen and oxygen atoms in total. The molecule has 0 saturated heterocycles. The number of benzene rings is 1. The summed E-state index contributed by atoms with van der Waals surface area (Å²) in [6.45, 7) is 0. The van der Waals surface area contributed by atoms with Crippen LogP contribution in [0.1, 0.15) is 10.4 Å². The Kier molecular flexibility index (Phi) is 5.87. The van der Waals surface area contributed by atoms with Crippen molar-refractivity contribution in [1.82, 2.24) is 0 Å².